The predicted molar refractivity (Wildman–Crippen MR) is 59.8 cm³/mol. The number of hydrogen-bond donors (Lipinski definition) is 1. The van der Waals surface area contributed by atoms with Crippen LogP contribution in [0.4, 0.5) is 0 Å². The molecule has 0 aromatic heterocycles. The normalized spacial score (nSPS) is 25.7. The first kappa shape index (κ1) is 10.7. The molecule has 2 heteroatoms. The zero-order valence-corrected chi connectivity index (χ0v) is 9.15. The van der Waals surface area contributed by atoms with Gasteiger partial charge >= 0.3 is 0 Å². The highest BCUT2D eigenvalue weighted by Crippen LogP contribution is 2.30. The van der Waals surface area contributed by atoms with Gasteiger partial charge in [0.05, 0.1) is 6.10 Å². The van der Waals surface area contributed by atoms with E-state index in [1.165, 1.54) is 5.56 Å². The molecule has 0 radical (unpaired) electrons. The average Bonchev–Trinajstić information content (AvgIpc) is 2.41. The van der Waals surface area contributed by atoms with Gasteiger partial charge in [0, 0.05) is 6.61 Å². The molecule has 0 bridgehead atoms. The lowest BCUT2D eigenvalue weighted by molar-refractivity contribution is -0.0367. The van der Waals surface area contributed by atoms with Gasteiger partial charge in [-0.2, -0.15) is 0 Å². The van der Waals surface area contributed by atoms with E-state index in [0.717, 1.165) is 24.8 Å². The second-order valence-electron chi connectivity index (χ2n) is 4.03. The van der Waals surface area contributed by atoms with Gasteiger partial charge in [0.15, 0.2) is 0 Å². The topological polar surface area (TPSA) is 29.5 Å². The predicted octanol–water partition coefficient (Wildman–Crippen LogP) is 2.46. The van der Waals surface area contributed by atoms with Crippen molar-refractivity contribution in [3.63, 3.8) is 0 Å². The SMILES string of the molecule is CCOC1CCCc2ccccc2C1O. The first-order valence-electron chi connectivity index (χ1n) is 5.70. The second-order valence-corrected chi connectivity index (χ2v) is 4.03. The summed E-state index contributed by atoms with van der Waals surface area (Å²) in [5, 5.41) is 10.2. The standard InChI is InChI=1S/C13H18O2/c1-2-15-12-9-5-7-10-6-3-4-8-11(10)13(12)14/h3-4,6,8,12-14H,2,5,7,9H2,1H3. The fourth-order valence-electron chi connectivity index (χ4n) is 2.29. The van der Waals surface area contributed by atoms with E-state index in [2.05, 4.69) is 6.07 Å². The number of hydrogen-bond acceptors (Lipinski definition) is 2. The highest BCUT2D eigenvalue weighted by Gasteiger charge is 2.25. The Morgan fingerprint density at radius 3 is 3.00 bits per heavy atom. The molecule has 0 amide bonds. The van der Waals surface area contributed by atoms with Crippen LogP contribution in [0.5, 0.6) is 0 Å². The van der Waals surface area contributed by atoms with Crippen LogP contribution >= 0.6 is 0 Å². The number of aliphatic hydroxyl groups excluding tert-OH is 1. The van der Waals surface area contributed by atoms with Crippen LogP contribution in [-0.2, 0) is 11.2 Å². The maximum Gasteiger partial charge on any atom is 0.105 e. The molecule has 15 heavy (non-hydrogen) atoms. The maximum atomic E-state index is 10.2. The molecule has 0 saturated carbocycles. The third kappa shape index (κ3) is 2.21. The summed E-state index contributed by atoms with van der Waals surface area (Å²) in [6, 6.07) is 8.13. The monoisotopic (exact) mass is 206 g/mol. The van der Waals surface area contributed by atoms with Crippen molar-refractivity contribution in [3.8, 4) is 0 Å². The van der Waals surface area contributed by atoms with Crippen LogP contribution < -0.4 is 0 Å². The molecule has 0 heterocycles. The van der Waals surface area contributed by atoms with Crippen LogP contribution in [0.2, 0.25) is 0 Å². The Balaban J connectivity index is 2.26. The van der Waals surface area contributed by atoms with Crippen molar-refractivity contribution in [2.24, 2.45) is 0 Å². The van der Waals surface area contributed by atoms with Crippen molar-refractivity contribution in [1.29, 1.82) is 0 Å². The molecule has 1 aliphatic carbocycles. The number of aryl methyl sites for hydroxylation is 1. The molecule has 1 aromatic carbocycles. The molecule has 1 N–H and O–H groups in total. The van der Waals surface area contributed by atoms with Crippen LogP contribution in [0, 0.1) is 0 Å². The lowest BCUT2D eigenvalue weighted by Gasteiger charge is -2.21. The van der Waals surface area contributed by atoms with E-state index in [9.17, 15) is 5.11 Å². The zero-order valence-electron chi connectivity index (χ0n) is 9.15. The molecule has 1 aromatic rings. The third-order valence-electron chi connectivity index (χ3n) is 3.04. The van der Waals surface area contributed by atoms with Crippen molar-refractivity contribution >= 4 is 0 Å². The summed E-state index contributed by atoms with van der Waals surface area (Å²) in [5.41, 5.74) is 2.32. The number of aliphatic hydroxyl groups is 1. The van der Waals surface area contributed by atoms with Crippen molar-refractivity contribution < 1.29 is 9.84 Å². The summed E-state index contributed by atoms with van der Waals surface area (Å²) in [7, 11) is 0. The van der Waals surface area contributed by atoms with E-state index in [-0.39, 0.29) is 6.10 Å². The molecule has 2 atom stereocenters. The Morgan fingerprint density at radius 2 is 2.20 bits per heavy atom. The molecule has 82 valence electrons. The number of rotatable bonds is 2. The summed E-state index contributed by atoms with van der Waals surface area (Å²) in [4.78, 5) is 0. The molecular weight excluding hydrogens is 188 g/mol. The van der Waals surface area contributed by atoms with Crippen molar-refractivity contribution in [3.05, 3.63) is 35.4 Å². The van der Waals surface area contributed by atoms with E-state index in [1.807, 2.05) is 25.1 Å². The van der Waals surface area contributed by atoms with Crippen LogP contribution in [0.1, 0.15) is 37.0 Å². The Labute approximate surface area is 90.9 Å². The third-order valence-corrected chi connectivity index (χ3v) is 3.04. The molecule has 0 saturated heterocycles. The van der Waals surface area contributed by atoms with Gasteiger partial charge in [-0.25, -0.2) is 0 Å². The molecule has 2 nitrogen and oxygen atoms in total. The molecule has 0 fully saturated rings. The van der Waals surface area contributed by atoms with Crippen molar-refractivity contribution in [1.82, 2.24) is 0 Å². The van der Waals surface area contributed by atoms with Crippen molar-refractivity contribution in [2.75, 3.05) is 6.61 Å². The Hall–Kier alpha value is -0.860. The molecule has 0 aliphatic heterocycles. The summed E-state index contributed by atoms with van der Waals surface area (Å²) in [6.07, 6.45) is 2.61. The molecule has 0 spiro atoms. The van der Waals surface area contributed by atoms with Crippen LogP contribution in [0.15, 0.2) is 24.3 Å². The molecule has 2 rings (SSSR count). The van der Waals surface area contributed by atoms with Crippen LogP contribution in [0.3, 0.4) is 0 Å². The minimum absolute atomic E-state index is 0.0290. The van der Waals surface area contributed by atoms with Crippen LogP contribution in [-0.4, -0.2) is 17.8 Å². The quantitative estimate of drug-likeness (QED) is 0.753. The number of fused-ring (bicyclic) bond motifs is 1. The smallest absolute Gasteiger partial charge is 0.105 e. The highest BCUT2D eigenvalue weighted by molar-refractivity contribution is 5.30. The van der Waals surface area contributed by atoms with E-state index >= 15 is 0 Å². The van der Waals surface area contributed by atoms with E-state index in [0.29, 0.717) is 6.61 Å². The summed E-state index contributed by atoms with van der Waals surface area (Å²) in [5.74, 6) is 0. The molecule has 1 aliphatic rings. The van der Waals surface area contributed by atoms with Gasteiger partial charge in [-0.15, -0.1) is 0 Å². The number of benzene rings is 1. The van der Waals surface area contributed by atoms with Gasteiger partial charge in [-0.05, 0) is 37.3 Å². The molecule has 2 unspecified atom stereocenters. The second kappa shape index (κ2) is 4.77. The van der Waals surface area contributed by atoms with Gasteiger partial charge in [-0.1, -0.05) is 24.3 Å². The lowest BCUT2D eigenvalue weighted by Crippen LogP contribution is -2.21. The fourth-order valence-corrected chi connectivity index (χ4v) is 2.29. The largest absolute Gasteiger partial charge is 0.386 e. The first-order chi connectivity index (χ1) is 7.33. The van der Waals surface area contributed by atoms with Gasteiger partial charge in [0.2, 0.25) is 0 Å². The van der Waals surface area contributed by atoms with Gasteiger partial charge in [-0.3, -0.25) is 0 Å². The Morgan fingerprint density at radius 1 is 1.40 bits per heavy atom. The fraction of sp³-hybridized carbons (Fsp3) is 0.538. The minimum Gasteiger partial charge on any atom is -0.386 e. The molecular formula is C13H18O2. The van der Waals surface area contributed by atoms with E-state index in [1.54, 1.807) is 0 Å². The van der Waals surface area contributed by atoms with E-state index in [4.69, 9.17) is 4.74 Å². The van der Waals surface area contributed by atoms with Crippen LogP contribution in [0.25, 0.3) is 0 Å². The van der Waals surface area contributed by atoms with Crippen molar-refractivity contribution in [2.45, 2.75) is 38.4 Å². The Bertz CT molecular complexity index is 322. The zero-order chi connectivity index (χ0) is 10.7. The highest BCUT2D eigenvalue weighted by atomic mass is 16.5. The van der Waals surface area contributed by atoms with Gasteiger partial charge < -0.3 is 9.84 Å². The summed E-state index contributed by atoms with van der Waals surface area (Å²) >= 11 is 0. The summed E-state index contributed by atoms with van der Waals surface area (Å²) < 4.78 is 5.58. The number of ether oxygens (including phenoxy) is 1. The maximum absolute atomic E-state index is 10.2. The minimum atomic E-state index is -0.455. The summed E-state index contributed by atoms with van der Waals surface area (Å²) in [6.45, 7) is 2.65. The lowest BCUT2D eigenvalue weighted by atomic mass is 10.0. The van der Waals surface area contributed by atoms with Gasteiger partial charge in [0.25, 0.3) is 0 Å². The average molecular weight is 206 g/mol. The van der Waals surface area contributed by atoms with Gasteiger partial charge in [0.1, 0.15) is 6.10 Å². The first-order valence-corrected chi connectivity index (χ1v) is 5.70. The van der Waals surface area contributed by atoms with E-state index < -0.39 is 6.10 Å². The Kier molecular flexibility index (Phi) is 3.39.